The van der Waals surface area contributed by atoms with E-state index in [1.165, 1.54) is 12.1 Å². The Hall–Kier alpha value is -3.64. The molecule has 1 aromatic heterocycles. The monoisotopic (exact) mass is 393 g/mol. The molecule has 3 aromatic rings. The van der Waals surface area contributed by atoms with Crippen molar-refractivity contribution in [2.24, 2.45) is 4.99 Å². The summed E-state index contributed by atoms with van der Waals surface area (Å²) in [7, 11) is 0. The summed E-state index contributed by atoms with van der Waals surface area (Å²) in [6.45, 7) is 0. The van der Waals surface area contributed by atoms with Crippen LogP contribution in [0.1, 0.15) is 21.7 Å². The summed E-state index contributed by atoms with van der Waals surface area (Å²) in [6, 6.07) is 16.7. The van der Waals surface area contributed by atoms with E-state index in [0.29, 0.717) is 27.7 Å². The maximum absolute atomic E-state index is 12.1. The zero-order valence-electron chi connectivity index (χ0n) is 14.3. The van der Waals surface area contributed by atoms with Crippen molar-refractivity contribution in [2.45, 2.75) is 0 Å². The van der Waals surface area contributed by atoms with Gasteiger partial charge in [0, 0.05) is 11.6 Å². The van der Waals surface area contributed by atoms with Crippen LogP contribution in [0.2, 0.25) is 5.02 Å². The van der Waals surface area contributed by atoms with Crippen LogP contribution in [0, 0.1) is 0 Å². The van der Waals surface area contributed by atoms with Crippen LogP contribution >= 0.6 is 11.6 Å². The summed E-state index contributed by atoms with van der Waals surface area (Å²) < 4.78 is 10.9. The van der Waals surface area contributed by atoms with Gasteiger partial charge in [0.25, 0.3) is 0 Å². The molecular weight excluding hydrogens is 382 g/mol. The molecule has 0 radical (unpaired) electrons. The number of furan rings is 1. The number of rotatable bonds is 4. The van der Waals surface area contributed by atoms with E-state index in [0.717, 1.165) is 0 Å². The number of carbonyl (C=O) groups is 2. The summed E-state index contributed by atoms with van der Waals surface area (Å²) in [5, 5.41) is 9.73. The molecule has 138 valence electrons. The number of halogens is 1. The minimum absolute atomic E-state index is 0.0577. The number of aliphatic imine (C=N–C) groups is 1. The second-order valence-electron chi connectivity index (χ2n) is 5.87. The number of aromatic carboxylic acids is 1. The number of esters is 1. The van der Waals surface area contributed by atoms with E-state index in [4.69, 9.17) is 20.8 Å². The maximum atomic E-state index is 12.1. The molecule has 4 rings (SSSR count). The topological polar surface area (TPSA) is 89.1 Å². The molecule has 0 unspecified atom stereocenters. The number of carboxylic acids is 1. The Morgan fingerprint density at radius 2 is 1.71 bits per heavy atom. The van der Waals surface area contributed by atoms with Gasteiger partial charge in [-0.05, 0) is 30.3 Å². The molecule has 2 heterocycles. The van der Waals surface area contributed by atoms with Gasteiger partial charge in [-0.25, -0.2) is 14.6 Å². The molecule has 7 heteroatoms. The Morgan fingerprint density at radius 1 is 1.00 bits per heavy atom. The SMILES string of the molecule is O=C1OC(c2ccccc2Cl)=N/C1=C\c1ccc(-c2ccccc2C(=O)O)o1. The van der Waals surface area contributed by atoms with E-state index in [-0.39, 0.29) is 17.2 Å². The molecule has 0 spiro atoms. The second kappa shape index (κ2) is 7.17. The van der Waals surface area contributed by atoms with Crippen LogP contribution < -0.4 is 0 Å². The molecule has 0 atom stereocenters. The van der Waals surface area contributed by atoms with Crippen molar-refractivity contribution in [3.63, 3.8) is 0 Å². The van der Waals surface area contributed by atoms with Gasteiger partial charge in [-0.3, -0.25) is 0 Å². The molecule has 0 amide bonds. The molecule has 0 aliphatic carbocycles. The molecule has 1 N–H and O–H groups in total. The number of nitrogens with zero attached hydrogens (tertiary/aromatic N) is 1. The Balaban J connectivity index is 1.67. The van der Waals surface area contributed by atoms with Gasteiger partial charge in [-0.15, -0.1) is 0 Å². The lowest BCUT2D eigenvalue weighted by Crippen LogP contribution is -2.05. The highest BCUT2D eigenvalue weighted by Gasteiger charge is 2.26. The normalized spacial score (nSPS) is 14.8. The number of carbonyl (C=O) groups excluding carboxylic acids is 1. The third kappa shape index (κ3) is 3.33. The number of hydrogen-bond acceptors (Lipinski definition) is 5. The van der Waals surface area contributed by atoms with E-state index < -0.39 is 11.9 Å². The summed E-state index contributed by atoms with van der Waals surface area (Å²) >= 11 is 6.11. The van der Waals surface area contributed by atoms with Gasteiger partial charge in [0.15, 0.2) is 5.70 Å². The minimum Gasteiger partial charge on any atom is -0.478 e. The van der Waals surface area contributed by atoms with Crippen molar-refractivity contribution in [1.82, 2.24) is 0 Å². The third-order valence-corrected chi connectivity index (χ3v) is 4.38. The number of hydrogen-bond donors (Lipinski definition) is 1. The third-order valence-electron chi connectivity index (χ3n) is 4.05. The van der Waals surface area contributed by atoms with Crippen molar-refractivity contribution in [1.29, 1.82) is 0 Å². The molecule has 0 bridgehead atoms. The fourth-order valence-electron chi connectivity index (χ4n) is 2.75. The second-order valence-corrected chi connectivity index (χ2v) is 6.28. The lowest BCUT2D eigenvalue weighted by molar-refractivity contribution is -0.129. The largest absolute Gasteiger partial charge is 0.478 e. The van der Waals surface area contributed by atoms with Crippen LogP contribution in [0.3, 0.4) is 0 Å². The van der Waals surface area contributed by atoms with E-state index in [9.17, 15) is 14.7 Å². The Kier molecular flexibility index (Phi) is 4.55. The molecule has 1 aliphatic heterocycles. The van der Waals surface area contributed by atoms with Crippen LogP contribution in [0.5, 0.6) is 0 Å². The first-order valence-corrected chi connectivity index (χ1v) is 8.61. The molecule has 28 heavy (non-hydrogen) atoms. The molecular formula is C21H12ClNO5. The average Bonchev–Trinajstić information content (AvgIpc) is 3.29. The number of ether oxygens (including phenoxy) is 1. The zero-order chi connectivity index (χ0) is 19.7. The number of carboxylic acid groups (broad SMARTS) is 1. The molecule has 0 saturated carbocycles. The van der Waals surface area contributed by atoms with Crippen LogP contribution in [0.15, 0.2) is 75.8 Å². The van der Waals surface area contributed by atoms with Crippen LogP contribution in [0.4, 0.5) is 0 Å². The van der Waals surface area contributed by atoms with E-state index in [1.807, 2.05) is 0 Å². The van der Waals surface area contributed by atoms with Gasteiger partial charge in [0.05, 0.1) is 16.1 Å². The van der Waals surface area contributed by atoms with E-state index in [2.05, 4.69) is 4.99 Å². The lowest BCUT2D eigenvalue weighted by Gasteiger charge is -2.01. The quantitative estimate of drug-likeness (QED) is 0.515. The van der Waals surface area contributed by atoms with E-state index >= 15 is 0 Å². The number of benzene rings is 2. The van der Waals surface area contributed by atoms with E-state index in [1.54, 1.807) is 54.6 Å². The fourth-order valence-corrected chi connectivity index (χ4v) is 2.97. The summed E-state index contributed by atoms with van der Waals surface area (Å²) in [5.41, 5.74) is 1.13. The van der Waals surface area contributed by atoms with Crippen molar-refractivity contribution < 1.29 is 23.8 Å². The van der Waals surface area contributed by atoms with Gasteiger partial charge in [-0.2, -0.15) is 0 Å². The standard InChI is InChI=1S/C21H12ClNO5/c22-16-8-4-3-7-15(16)19-23-17(21(26)28-19)11-12-9-10-18(27-12)13-5-1-2-6-14(13)20(24)25/h1-11H,(H,24,25)/b17-11-. The van der Waals surface area contributed by atoms with Gasteiger partial charge in [0.2, 0.25) is 5.90 Å². The Bertz CT molecular complexity index is 1160. The molecule has 2 aromatic carbocycles. The maximum Gasteiger partial charge on any atom is 0.363 e. The smallest absolute Gasteiger partial charge is 0.363 e. The highest BCUT2D eigenvalue weighted by atomic mass is 35.5. The zero-order valence-corrected chi connectivity index (χ0v) is 15.0. The Labute approximate surface area is 164 Å². The van der Waals surface area contributed by atoms with Crippen molar-refractivity contribution in [2.75, 3.05) is 0 Å². The Morgan fingerprint density at radius 3 is 2.46 bits per heavy atom. The average molecular weight is 394 g/mol. The van der Waals surface area contributed by atoms with Crippen LogP contribution in [-0.2, 0) is 9.53 Å². The number of cyclic esters (lactones) is 1. The van der Waals surface area contributed by atoms with Gasteiger partial charge in [-0.1, -0.05) is 41.9 Å². The van der Waals surface area contributed by atoms with Gasteiger partial charge >= 0.3 is 11.9 Å². The molecule has 0 saturated heterocycles. The first-order valence-electron chi connectivity index (χ1n) is 8.23. The minimum atomic E-state index is -1.06. The summed E-state index contributed by atoms with van der Waals surface area (Å²) in [6.07, 6.45) is 1.43. The highest BCUT2D eigenvalue weighted by molar-refractivity contribution is 6.34. The van der Waals surface area contributed by atoms with Crippen LogP contribution in [0.25, 0.3) is 17.4 Å². The van der Waals surface area contributed by atoms with Crippen molar-refractivity contribution in [3.8, 4) is 11.3 Å². The summed E-state index contributed by atoms with van der Waals surface area (Å²) in [5.74, 6) is -0.860. The predicted octanol–water partition coefficient (Wildman–Crippen LogP) is 4.64. The van der Waals surface area contributed by atoms with Crippen LogP contribution in [-0.4, -0.2) is 22.9 Å². The van der Waals surface area contributed by atoms with Crippen molar-refractivity contribution in [3.05, 3.63) is 88.3 Å². The summed E-state index contributed by atoms with van der Waals surface area (Å²) in [4.78, 5) is 27.7. The lowest BCUT2D eigenvalue weighted by atomic mass is 10.1. The fraction of sp³-hybridized carbons (Fsp3) is 0. The first kappa shape index (κ1) is 17.8. The first-order chi connectivity index (χ1) is 13.5. The van der Waals surface area contributed by atoms with Gasteiger partial charge < -0.3 is 14.3 Å². The predicted molar refractivity (Wildman–Crippen MR) is 103 cm³/mol. The molecule has 0 fully saturated rings. The molecule has 6 nitrogen and oxygen atoms in total. The molecule has 1 aliphatic rings. The highest BCUT2D eigenvalue weighted by Crippen LogP contribution is 2.28. The van der Waals surface area contributed by atoms with Gasteiger partial charge in [0.1, 0.15) is 11.5 Å². The van der Waals surface area contributed by atoms with Crippen molar-refractivity contribution >= 4 is 35.5 Å².